The van der Waals surface area contributed by atoms with Crippen molar-refractivity contribution in [3.63, 3.8) is 0 Å². The number of aromatic nitrogens is 1. The smallest absolute Gasteiger partial charge is 0.0404 e. The minimum Gasteiger partial charge on any atom is -0.271 e. The highest BCUT2D eigenvalue weighted by Crippen LogP contribution is 2.49. The number of hydrogen-bond donors (Lipinski definition) is 2. The number of hydrazine groups is 1. The molecule has 2 saturated carbocycles. The van der Waals surface area contributed by atoms with Crippen molar-refractivity contribution >= 4 is 0 Å². The molecule has 1 heterocycles. The lowest BCUT2D eigenvalue weighted by atomic mass is 9.83. The van der Waals surface area contributed by atoms with Gasteiger partial charge in [0.2, 0.25) is 0 Å². The van der Waals surface area contributed by atoms with Gasteiger partial charge in [-0.3, -0.25) is 16.3 Å². The normalized spacial score (nSPS) is 30.7. The highest BCUT2D eigenvalue weighted by atomic mass is 15.2. The van der Waals surface area contributed by atoms with E-state index in [0.717, 1.165) is 30.6 Å². The molecule has 3 N–H and O–H groups in total. The lowest BCUT2D eigenvalue weighted by Crippen LogP contribution is -2.37. The molecule has 0 aliphatic heterocycles. The van der Waals surface area contributed by atoms with Crippen LogP contribution in [-0.2, 0) is 6.42 Å². The molecule has 3 rings (SSSR count). The second-order valence-corrected chi connectivity index (χ2v) is 6.39. The zero-order valence-electron chi connectivity index (χ0n) is 11.6. The van der Waals surface area contributed by atoms with Crippen molar-refractivity contribution < 1.29 is 0 Å². The number of fused-ring (bicyclic) bond motifs is 2. The maximum atomic E-state index is 5.74. The van der Waals surface area contributed by atoms with Gasteiger partial charge >= 0.3 is 0 Å². The minimum atomic E-state index is 0.450. The van der Waals surface area contributed by atoms with Crippen molar-refractivity contribution in [1.82, 2.24) is 10.4 Å². The average molecular weight is 259 g/mol. The molecule has 4 unspecified atom stereocenters. The van der Waals surface area contributed by atoms with Gasteiger partial charge < -0.3 is 0 Å². The Kier molecular flexibility index (Phi) is 4.14. The van der Waals surface area contributed by atoms with Crippen LogP contribution >= 0.6 is 0 Å². The van der Waals surface area contributed by atoms with E-state index in [-0.39, 0.29) is 0 Å². The maximum Gasteiger partial charge on any atom is 0.0404 e. The molecule has 19 heavy (non-hydrogen) atoms. The first-order chi connectivity index (χ1) is 9.35. The van der Waals surface area contributed by atoms with Crippen LogP contribution in [0, 0.1) is 17.8 Å². The number of nitrogens with two attached hydrogens (primary N) is 1. The van der Waals surface area contributed by atoms with Gasteiger partial charge in [0.1, 0.15) is 0 Å². The fourth-order valence-electron chi connectivity index (χ4n) is 4.17. The first kappa shape index (κ1) is 13.1. The zero-order valence-corrected chi connectivity index (χ0v) is 11.6. The summed E-state index contributed by atoms with van der Waals surface area (Å²) in [4.78, 5) is 4.39. The fourth-order valence-corrected chi connectivity index (χ4v) is 4.17. The Morgan fingerprint density at radius 1 is 1.32 bits per heavy atom. The quantitative estimate of drug-likeness (QED) is 0.610. The zero-order chi connectivity index (χ0) is 13.1. The Balaban J connectivity index is 1.48. The van der Waals surface area contributed by atoms with Gasteiger partial charge in [0, 0.05) is 17.9 Å². The van der Waals surface area contributed by atoms with E-state index >= 15 is 0 Å². The van der Waals surface area contributed by atoms with Crippen LogP contribution in [0.5, 0.6) is 0 Å². The van der Waals surface area contributed by atoms with Crippen molar-refractivity contribution in [1.29, 1.82) is 0 Å². The Hall–Kier alpha value is -0.930. The van der Waals surface area contributed by atoms with E-state index in [1.807, 2.05) is 12.3 Å². The van der Waals surface area contributed by atoms with Gasteiger partial charge in [-0.2, -0.15) is 0 Å². The van der Waals surface area contributed by atoms with E-state index in [1.54, 1.807) is 0 Å². The molecule has 2 aliphatic carbocycles. The van der Waals surface area contributed by atoms with Crippen molar-refractivity contribution in [2.45, 2.75) is 51.0 Å². The molecule has 0 saturated heterocycles. The van der Waals surface area contributed by atoms with Crippen LogP contribution in [0.1, 0.15) is 44.2 Å². The van der Waals surface area contributed by atoms with Crippen molar-refractivity contribution in [3.05, 3.63) is 30.1 Å². The summed E-state index contributed by atoms with van der Waals surface area (Å²) in [7, 11) is 0. The third kappa shape index (κ3) is 3.15. The maximum absolute atomic E-state index is 5.74. The average Bonchev–Trinajstić information content (AvgIpc) is 3.07. The summed E-state index contributed by atoms with van der Waals surface area (Å²) in [6.45, 7) is 0. The Morgan fingerprint density at radius 2 is 2.26 bits per heavy atom. The topological polar surface area (TPSA) is 50.9 Å². The lowest BCUT2D eigenvalue weighted by molar-refractivity contribution is 0.272. The van der Waals surface area contributed by atoms with Crippen LogP contribution in [0.3, 0.4) is 0 Å². The Labute approximate surface area is 116 Å². The van der Waals surface area contributed by atoms with Gasteiger partial charge in [-0.05, 0) is 68.4 Å². The number of nitrogens with one attached hydrogen (secondary N) is 1. The van der Waals surface area contributed by atoms with Crippen LogP contribution in [-0.4, -0.2) is 11.0 Å². The predicted molar refractivity (Wildman–Crippen MR) is 77.2 cm³/mol. The lowest BCUT2D eigenvalue weighted by Gasteiger charge is -2.26. The molecule has 2 fully saturated rings. The van der Waals surface area contributed by atoms with Gasteiger partial charge in [-0.25, -0.2) is 0 Å². The standard InChI is InChI=1S/C16H25N3/c17-19-16(7-6-15-3-1-2-8-18-15)11-14-10-12-4-5-13(14)9-12/h1-3,8,12-14,16,19H,4-7,9-11,17H2. The molecule has 0 radical (unpaired) electrons. The van der Waals surface area contributed by atoms with Crippen LogP contribution in [0.2, 0.25) is 0 Å². The van der Waals surface area contributed by atoms with E-state index in [9.17, 15) is 0 Å². The summed E-state index contributed by atoms with van der Waals surface area (Å²) in [6, 6.07) is 6.58. The molecule has 4 atom stereocenters. The van der Waals surface area contributed by atoms with Gasteiger partial charge in [-0.15, -0.1) is 0 Å². The summed E-state index contributed by atoms with van der Waals surface area (Å²) in [5.74, 6) is 8.69. The van der Waals surface area contributed by atoms with E-state index in [2.05, 4.69) is 22.5 Å². The summed E-state index contributed by atoms with van der Waals surface area (Å²) in [5.41, 5.74) is 4.21. The van der Waals surface area contributed by atoms with Crippen molar-refractivity contribution in [2.75, 3.05) is 0 Å². The number of nitrogens with zero attached hydrogens (tertiary/aromatic N) is 1. The van der Waals surface area contributed by atoms with Crippen LogP contribution in [0.15, 0.2) is 24.4 Å². The fraction of sp³-hybridized carbons (Fsp3) is 0.688. The molecular formula is C16H25N3. The number of pyridine rings is 1. The number of hydrogen-bond acceptors (Lipinski definition) is 3. The van der Waals surface area contributed by atoms with Gasteiger partial charge in [0.05, 0.1) is 0 Å². The molecule has 2 bridgehead atoms. The van der Waals surface area contributed by atoms with E-state index in [4.69, 9.17) is 5.84 Å². The molecular weight excluding hydrogens is 234 g/mol. The van der Waals surface area contributed by atoms with E-state index in [0.29, 0.717) is 6.04 Å². The van der Waals surface area contributed by atoms with Crippen LogP contribution in [0.4, 0.5) is 0 Å². The third-order valence-electron chi connectivity index (χ3n) is 5.18. The van der Waals surface area contributed by atoms with Gasteiger partial charge in [0.15, 0.2) is 0 Å². The molecule has 104 valence electrons. The summed E-state index contributed by atoms with van der Waals surface area (Å²) in [5, 5.41) is 0. The summed E-state index contributed by atoms with van der Waals surface area (Å²) >= 11 is 0. The van der Waals surface area contributed by atoms with Crippen molar-refractivity contribution in [3.8, 4) is 0 Å². The first-order valence-electron chi connectivity index (χ1n) is 7.71. The summed E-state index contributed by atoms with van der Waals surface area (Å²) < 4.78 is 0. The predicted octanol–water partition coefficient (Wildman–Crippen LogP) is 2.67. The largest absolute Gasteiger partial charge is 0.271 e. The molecule has 0 amide bonds. The third-order valence-corrected chi connectivity index (χ3v) is 5.18. The second-order valence-electron chi connectivity index (χ2n) is 6.39. The number of rotatable bonds is 6. The SMILES string of the molecule is NNC(CCc1ccccn1)CC1CC2CCC1C2. The number of aryl methyl sites for hydroxylation is 1. The summed E-state index contributed by atoms with van der Waals surface area (Å²) in [6.07, 6.45) is 11.1. The molecule has 0 aromatic carbocycles. The van der Waals surface area contributed by atoms with Crippen LogP contribution in [0.25, 0.3) is 0 Å². The van der Waals surface area contributed by atoms with Gasteiger partial charge in [0.25, 0.3) is 0 Å². The highest BCUT2D eigenvalue weighted by Gasteiger charge is 2.39. The van der Waals surface area contributed by atoms with Gasteiger partial charge in [-0.1, -0.05) is 12.5 Å². The molecule has 1 aromatic heterocycles. The Bertz CT molecular complexity index is 392. The van der Waals surface area contributed by atoms with Crippen molar-refractivity contribution in [2.24, 2.45) is 23.6 Å². The Morgan fingerprint density at radius 3 is 2.89 bits per heavy atom. The monoisotopic (exact) mass is 259 g/mol. The van der Waals surface area contributed by atoms with Crippen LogP contribution < -0.4 is 11.3 Å². The first-order valence-corrected chi connectivity index (χ1v) is 7.71. The minimum absolute atomic E-state index is 0.450. The highest BCUT2D eigenvalue weighted by molar-refractivity contribution is 5.04. The molecule has 0 spiro atoms. The van der Waals surface area contributed by atoms with E-state index in [1.165, 1.54) is 37.8 Å². The molecule has 2 aliphatic rings. The second kappa shape index (κ2) is 6.02. The molecule has 1 aromatic rings. The van der Waals surface area contributed by atoms with E-state index < -0.39 is 0 Å². The molecule has 3 heteroatoms. The molecule has 3 nitrogen and oxygen atoms in total.